The molecule has 3 rings (SSSR count). The largest absolute Gasteiger partial charge is 0.354 e. The Kier molecular flexibility index (Phi) is 5.18. The topological polar surface area (TPSA) is 65.4 Å². The van der Waals surface area contributed by atoms with Gasteiger partial charge in [0.05, 0.1) is 17.6 Å². The molecule has 0 spiro atoms. The Hall–Kier alpha value is -3.02. The van der Waals surface area contributed by atoms with E-state index < -0.39 is 0 Å². The minimum atomic E-state index is -0.0874. The van der Waals surface area contributed by atoms with Crippen molar-refractivity contribution >= 4 is 17.0 Å². The number of benzene rings is 2. The van der Waals surface area contributed by atoms with Crippen molar-refractivity contribution in [2.75, 3.05) is 20.6 Å². The molecule has 130 valence electrons. The Morgan fingerprint density at radius 3 is 2.60 bits per heavy atom. The van der Waals surface area contributed by atoms with Gasteiger partial charge < -0.3 is 15.2 Å². The van der Waals surface area contributed by atoms with Crippen molar-refractivity contribution < 1.29 is 0 Å². The van der Waals surface area contributed by atoms with Crippen LogP contribution in [0.4, 0.5) is 0 Å². The monoisotopic (exact) mass is 337 g/mol. The van der Waals surface area contributed by atoms with Crippen molar-refractivity contribution in [3.05, 3.63) is 70.6 Å². The zero-order chi connectivity index (χ0) is 17.6. The molecule has 3 aromatic rings. The number of H-pyrrole nitrogens is 1. The fraction of sp³-hybridized carbons (Fsp3) is 0.263. The summed E-state index contributed by atoms with van der Waals surface area (Å²) in [6.07, 6.45) is 0. The first-order valence-corrected chi connectivity index (χ1v) is 8.32. The van der Waals surface area contributed by atoms with Crippen LogP contribution in [0.25, 0.3) is 11.0 Å². The normalized spacial score (nSPS) is 11.7. The van der Waals surface area contributed by atoms with Gasteiger partial charge in [-0.05, 0) is 17.7 Å². The van der Waals surface area contributed by atoms with Crippen LogP contribution in [0.3, 0.4) is 0 Å². The van der Waals surface area contributed by atoms with Gasteiger partial charge in [-0.3, -0.25) is 4.57 Å². The van der Waals surface area contributed by atoms with Gasteiger partial charge in [-0.2, -0.15) is 0 Å². The van der Waals surface area contributed by atoms with Crippen LogP contribution in [0.5, 0.6) is 0 Å². The average molecular weight is 337 g/mol. The molecule has 1 aromatic heterocycles. The fourth-order valence-electron chi connectivity index (χ4n) is 2.71. The van der Waals surface area contributed by atoms with Gasteiger partial charge in [0.2, 0.25) is 0 Å². The lowest BCUT2D eigenvalue weighted by Crippen LogP contribution is -2.38. The third-order valence-electron chi connectivity index (χ3n) is 3.98. The Morgan fingerprint density at radius 1 is 1.12 bits per heavy atom. The number of aromatic nitrogens is 2. The van der Waals surface area contributed by atoms with Gasteiger partial charge in [0.25, 0.3) is 0 Å². The molecule has 0 bridgehead atoms. The zero-order valence-electron chi connectivity index (χ0n) is 14.6. The molecular formula is C19H23N5O. The predicted octanol–water partition coefficient (Wildman–Crippen LogP) is 2.04. The van der Waals surface area contributed by atoms with Crippen LogP contribution in [-0.4, -0.2) is 41.1 Å². The minimum absolute atomic E-state index is 0.0874. The van der Waals surface area contributed by atoms with E-state index >= 15 is 0 Å². The number of rotatable bonds is 5. The summed E-state index contributed by atoms with van der Waals surface area (Å²) in [5.41, 5.74) is 2.85. The molecule has 6 heteroatoms. The molecule has 0 saturated heterocycles. The number of fused-ring (bicyclic) bond motifs is 1. The van der Waals surface area contributed by atoms with Crippen molar-refractivity contribution in [3.63, 3.8) is 0 Å². The van der Waals surface area contributed by atoms with Crippen LogP contribution in [-0.2, 0) is 13.1 Å². The summed E-state index contributed by atoms with van der Waals surface area (Å²) in [6, 6.07) is 17.8. The molecule has 2 aromatic carbocycles. The summed E-state index contributed by atoms with van der Waals surface area (Å²) in [4.78, 5) is 21.6. The fourth-order valence-corrected chi connectivity index (χ4v) is 2.71. The molecule has 0 aliphatic rings. The molecule has 1 heterocycles. The molecule has 0 amide bonds. The van der Waals surface area contributed by atoms with E-state index in [0.29, 0.717) is 19.6 Å². The quantitative estimate of drug-likeness (QED) is 0.553. The second-order valence-corrected chi connectivity index (χ2v) is 6.05. The molecule has 0 saturated carbocycles. The maximum atomic E-state index is 12.1. The third kappa shape index (κ3) is 4.09. The smallest absolute Gasteiger partial charge is 0.326 e. The first kappa shape index (κ1) is 16.8. The summed E-state index contributed by atoms with van der Waals surface area (Å²) in [5, 5.41) is 3.32. The van der Waals surface area contributed by atoms with E-state index in [1.54, 1.807) is 4.57 Å². The number of aromatic amines is 1. The number of aliphatic imine (C=N–C) groups is 1. The number of guanidine groups is 1. The zero-order valence-corrected chi connectivity index (χ0v) is 14.6. The van der Waals surface area contributed by atoms with Crippen molar-refractivity contribution in [2.24, 2.45) is 4.99 Å². The summed E-state index contributed by atoms with van der Waals surface area (Å²) < 4.78 is 1.74. The Labute approximate surface area is 146 Å². The van der Waals surface area contributed by atoms with E-state index in [4.69, 9.17) is 0 Å². The van der Waals surface area contributed by atoms with Gasteiger partial charge in [0.1, 0.15) is 0 Å². The Morgan fingerprint density at radius 2 is 1.84 bits per heavy atom. The molecule has 0 unspecified atom stereocenters. The van der Waals surface area contributed by atoms with E-state index in [2.05, 4.69) is 27.4 Å². The van der Waals surface area contributed by atoms with Gasteiger partial charge in [0.15, 0.2) is 5.96 Å². The van der Waals surface area contributed by atoms with Crippen LogP contribution in [0.1, 0.15) is 5.56 Å². The van der Waals surface area contributed by atoms with Gasteiger partial charge >= 0.3 is 5.69 Å². The standard InChI is InChI=1S/C19H23N5O/c1-23(2)18(21-14-15-8-4-3-5-9-15)20-12-13-24-17-11-7-6-10-16(17)22-19(24)25/h3-11H,12-14H2,1-2H3,(H,20,21)(H,22,25). The number of imidazole rings is 1. The van der Waals surface area contributed by atoms with Crippen LogP contribution in [0.2, 0.25) is 0 Å². The van der Waals surface area contributed by atoms with Crippen LogP contribution >= 0.6 is 0 Å². The molecule has 2 N–H and O–H groups in total. The molecule has 0 atom stereocenters. The van der Waals surface area contributed by atoms with Crippen LogP contribution in [0, 0.1) is 0 Å². The van der Waals surface area contributed by atoms with Crippen molar-refractivity contribution in [1.29, 1.82) is 0 Å². The number of hydrogen-bond acceptors (Lipinski definition) is 2. The van der Waals surface area contributed by atoms with Crippen molar-refractivity contribution in [3.8, 4) is 0 Å². The number of nitrogens with one attached hydrogen (secondary N) is 2. The molecule has 25 heavy (non-hydrogen) atoms. The van der Waals surface area contributed by atoms with E-state index in [9.17, 15) is 4.79 Å². The second-order valence-electron chi connectivity index (χ2n) is 6.05. The van der Waals surface area contributed by atoms with Gasteiger partial charge in [-0.15, -0.1) is 0 Å². The molecular weight excluding hydrogens is 314 g/mol. The summed E-state index contributed by atoms with van der Waals surface area (Å²) in [6.45, 7) is 1.81. The van der Waals surface area contributed by atoms with Gasteiger partial charge in [-0.1, -0.05) is 42.5 Å². The first-order valence-electron chi connectivity index (χ1n) is 8.32. The molecule has 0 aliphatic carbocycles. The highest BCUT2D eigenvalue weighted by Gasteiger charge is 2.06. The summed E-state index contributed by atoms with van der Waals surface area (Å²) in [7, 11) is 3.91. The molecule has 0 aliphatic heterocycles. The van der Waals surface area contributed by atoms with E-state index in [1.807, 2.05) is 61.5 Å². The Bertz CT molecular complexity index is 908. The predicted molar refractivity (Wildman–Crippen MR) is 102 cm³/mol. The lowest BCUT2D eigenvalue weighted by molar-refractivity contribution is 0.564. The van der Waals surface area contributed by atoms with Crippen LogP contribution < -0.4 is 11.0 Å². The maximum Gasteiger partial charge on any atom is 0.326 e. The number of para-hydroxylation sites is 2. The van der Waals surface area contributed by atoms with Crippen molar-refractivity contribution in [2.45, 2.75) is 13.1 Å². The molecule has 6 nitrogen and oxygen atoms in total. The lowest BCUT2D eigenvalue weighted by Gasteiger charge is -2.18. The van der Waals surface area contributed by atoms with E-state index in [0.717, 1.165) is 22.6 Å². The van der Waals surface area contributed by atoms with Crippen LogP contribution in [0.15, 0.2) is 64.4 Å². The highest BCUT2D eigenvalue weighted by atomic mass is 16.1. The summed E-state index contributed by atoms with van der Waals surface area (Å²) in [5.74, 6) is 0.803. The highest BCUT2D eigenvalue weighted by Crippen LogP contribution is 2.08. The number of nitrogens with zero attached hydrogens (tertiary/aromatic N) is 3. The maximum absolute atomic E-state index is 12.1. The Balaban J connectivity index is 1.65. The first-order chi connectivity index (χ1) is 12.1. The van der Waals surface area contributed by atoms with E-state index in [1.165, 1.54) is 0 Å². The molecule has 0 fully saturated rings. The molecule has 0 radical (unpaired) electrons. The number of hydrogen-bond donors (Lipinski definition) is 2. The third-order valence-corrected chi connectivity index (χ3v) is 3.98. The second kappa shape index (κ2) is 7.70. The minimum Gasteiger partial charge on any atom is -0.354 e. The van der Waals surface area contributed by atoms with E-state index in [-0.39, 0.29) is 5.69 Å². The average Bonchev–Trinajstić information content (AvgIpc) is 2.94. The highest BCUT2D eigenvalue weighted by molar-refractivity contribution is 5.79. The van der Waals surface area contributed by atoms with Gasteiger partial charge in [-0.25, -0.2) is 9.79 Å². The van der Waals surface area contributed by atoms with Crippen molar-refractivity contribution in [1.82, 2.24) is 19.8 Å². The SMILES string of the molecule is CN(C)C(=NCc1ccccc1)NCCn1c(=O)[nH]c2ccccc21. The van der Waals surface area contributed by atoms with Gasteiger partial charge in [0, 0.05) is 27.2 Å². The lowest BCUT2D eigenvalue weighted by atomic mass is 10.2. The summed E-state index contributed by atoms with van der Waals surface area (Å²) >= 11 is 0.